The van der Waals surface area contributed by atoms with Gasteiger partial charge in [0.05, 0.1) is 6.61 Å². The number of hydrogen-bond acceptors (Lipinski definition) is 3. The Bertz CT molecular complexity index is 199. The molecule has 0 aromatic heterocycles. The molecule has 0 N–H and O–H groups in total. The van der Waals surface area contributed by atoms with Gasteiger partial charge in [-0.1, -0.05) is 6.58 Å². The zero-order chi connectivity index (χ0) is 11.1. The minimum atomic E-state index is -0.289. The molecule has 3 heteroatoms. The molecule has 0 aliphatic rings. The fourth-order valence-corrected chi connectivity index (χ4v) is 0.925. The van der Waals surface area contributed by atoms with Gasteiger partial charge in [-0.15, -0.1) is 0 Å². The van der Waals surface area contributed by atoms with Crippen molar-refractivity contribution in [1.29, 1.82) is 0 Å². The number of rotatable bonds is 6. The molecule has 0 aromatic rings. The molecule has 0 saturated heterocycles. The van der Waals surface area contributed by atoms with Gasteiger partial charge in [-0.05, 0) is 40.8 Å². The van der Waals surface area contributed by atoms with Gasteiger partial charge in [0, 0.05) is 11.6 Å². The van der Waals surface area contributed by atoms with Gasteiger partial charge in [0.25, 0.3) is 0 Å². The SMILES string of the molecule is C=C(C)C(=O)OCCCC(C)N(C)C. The summed E-state index contributed by atoms with van der Waals surface area (Å²) in [7, 11) is 4.09. The smallest absolute Gasteiger partial charge is 0.333 e. The fourth-order valence-electron chi connectivity index (χ4n) is 0.925. The van der Waals surface area contributed by atoms with Gasteiger partial charge in [0.15, 0.2) is 0 Å². The first-order valence-electron chi connectivity index (χ1n) is 4.94. The third-order valence-electron chi connectivity index (χ3n) is 2.23. The van der Waals surface area contributed by atoms with E-state index in [-0.39, 0.29) is 5.97 Å². The minimum absolute atomic E-state index is 0.289. The lowest BCUT2D eigenvalue weighted by atomic mass is 10.2. The largest absolute Gasteiger partial charge is 0.462 e. The lowest BCUT2D eigenvalue weighted by Crippen LogP contribution is -2.24. The number of carbonyl (C=O) groups is 1. The van der Waals surface area contributed by atoms with Crippen molar-refractivity contribution < 1.29 is 9.53 Å². The van der Waals surface area contributed by atoms with Crippen LogP contribution in [0.2, 0.25) is 0 Å². The first-order chi connectivity index (χ1) is 6.45. The number of esters is 1. The Morgan fingerprint density at radius 2 is 2.07 bits per heavy atom. The van der Waals surface area contributed by atoms with Crippen LogP contribution in [0.3, 0.4) is 0 Å². The van der Waals surface area contributed by atoms with Crippen LogP contribution >= 0.6 is 0 Å². The highest BCUT2D eigenvalue weighted by Crippen LogP contribution is 2.03. The van der Waals surface area contributed by atoms with Crippen LogP contribution in [0.15, 0.2) is 12.2 Å². The molecule has 82 valence electrons. The van der Waals surface area contributed by atoms with Crippen LogP contribution < -0.4 is 0 Å². The van der Waals surface area contributed by atoms with Crippen molar-refractivity contribution in [3.8, 4) is 0 Å². The van der Waals surface area contributed by atoms with E-state index in [4.69, 9.17) is 4.74 Å². The highest BCUT2D eigenvalue weighted by Gasteiger charge is 2.05. The van der Waals surface area contributed by atoms with Crippen molar-refractivity contribution in [3.63, 3.8) is 0 Å². The zero-order valence-electron chi connectivity index (χ0n) is 9.67. The molecule has 0 aromatic carbocycles. The van der Waals surface area contributed by atoms with Crippen molar-refractivity contribution in [2.75, 3.05) is 20.7 Å². The molecule has 14 heavy (non-hydrogen) atoms. The molecule has 0 fully saturated rings. The summed E-state index contributed by atoms with van der Waals surface area (Å²) in [5.41, 5.74) is 0.464. The second-order valence-corrected chi connectivity index (χ2v) is 3.87. The van der Waals surface area contributed by atoms with Gasteiger partial charge < -0.3 is 9.64 Å². The van der Waals surface area contributed by atoms with E-state index in [0.29, 0.717) is 18.2 Å². The van der Waals surface area contributed by atoms with Crippen LogP contribution in [-0.2, 0) is 9.53 Å². The van der Waals surface area contributed by atoms with Crippen molar-refractivity contribution in [2.45, 2.75) is 32.7 Å². The van der Waals surface area contributed by atoms with Crippen molar-refractivity contribution in [2.24, 2.45) is 0 Å². The van der Waals surface area contributed by atoms with Crippen LogP contribution in [0.25, 0.3) is 0 Å². The Kier molecular flexibility index (Phi) is 6.21. The Morgan fingerprint density at radius 3 is 2.50 bits per heavy atom. The van der Waals surface area contributed by atoms with Crippen LogP contribution in [0.5, 0.6) is 0 Å². The summed E-state index contributed by atoms with van der Waals surface area (Å²) in [5, 5.41) is 0. The Balaban J connectivity index is 3.47. The van der Waals surface area contributed by atoms with Crippen molar-refractivity contribution in [3.05, 3.63) is 12.2 Å². The summed E-state index contributed by atoms with van der Waals surface area (Å²) in [4.78, 5) is 13.1. The highest BCUT2D eigenvalue weighted by atomic mass is 16.5. The molecule has 0 spiro atoms. The predicted molar refractivity (Wildman–Crippen MR) is 58.2 cm³/mol. The average Bonchev–Trinajstić information content (AvgIpc) is 2.11. The van der Waals surface area contributed by atoms with Gasteiger partial charge >= 0.3 is 5.97 Å². The molecular formula is C11H21NO2. The Morgan fingerprint density at radius 1 is 1.50 bits per heavy atom. The van der Waals surface area contributed by atoms with Gasteiger partial charge in [-0.25, -0.2) is 4.79 Å². The average molecular weight is 199 g/mol. The number of hydrogen-bond donors (Lipinski definition) is 0. The van der Waals surface area contributed by atoms with E-state index in [2.05, 4.69) is 18.4 Å². The summed E-state index contributed by atoms with van der Waals surface area (Å²) in [6.07, 6.45) is 1.94. The first kappa shape index (κ1) is 13.2. The maximum absolute atomic E-state index is 11.0. The summed E-state index contributed by atoms with van der Waals surface area (Å²) in [5.74, 6) is -0.289. The zero-order valence-corrected chi connectivity index (χ0v) is 9.67. The van der Waals surface area contributed by atoms with E-state index >= 15 is 0 Å². The molecule has 1 unspecified atom stereocenters. The lowest BCUT2D eigenvalue weighted by Gasteiger charge is -2.19. The molecule has 0 saturated carbocycles. The van der Waals surface area contributed by atoms with Crippen LogP contribution in [0.4, 0.5) is 0 Å². The quantitative estimate of drug-likeness (QED) is 0.371. The first-order valence-corrected chi connectivity index (χ1v) is 4.94. The lowest BCUT2D eigenvalue weighted by molar-refractivity contribution is -0.139. The third-order valence-corrected chi connectivity index (χ3v) is 2.23. The molecule has 0 rings (SSSR count). The monoisotopic (exact) mass is 199 g/mol. The summed E-state index contributed by atoms with van der Waals surface area (Å²) in [6.45, 7) is 7.82. The fraction of sp³-hybridized carbons (Fsp3) is 0.727. The third kappa shape index (κ3) is 5.75. The van der Waals surface area contributed by atoms with Crippen LogP contribution in [0.1, 0.15) is 26.7 Å². The van der Waals surface area contributed by atoms with Gasteiger partial charge in [-0.3, -0.25) is 0 Å². The molecule has 0 heterocycles. The summed E-state index contributed by atoms with van der Waals surface area (Å²) < 4.78 is 4.98. The van der Waals surface area contributed by atoms with Crippen LogP contribution in [-0.4, -0.2) is 37.6 Å². The normalized spacial score (nSPS) is 12.6. The molecule has 0 bridgehead atoms. The Labute approximate surface area is 86.7 Å². The number of nitrogens with zero attached hydrogens (tertiary/aromatic N) is 1. The summed E-state index contributed by atoms with van der Waals surface area (Å²) >= 11 is 0. The van der Waals surface area contributed by atoms with Crippen molar-refractivity contribution in [1.82, 2.24) is 4.90 Å². The van der Waals surface area contributed by atoms with Crippen LogP contribution in [0, 0.1) is 0 Å². The number of carbonyl (C=O) groups excluding carboxylic acids is 1. The minimum Gasteiger partial charge on any atom is -0.462 e. The van der Waals surface area contributed by atoms with E-state index in [1.54, 1.807) is 6.92 Å². The van der Waals surface area contributed by atoms with Gasteiger partial charge in [-0.2, -0.15) is 0 Å². The van der Waals surface area contributed by atoms with Crippen molar-refractivity contribution >= 4 is 5.97 Å². The second-order valence-electron chi connectivity index (χ2n) is 3.87. The molecule has 0 amide bonds. The topological polar surface area (TPSA) is 29.5 Å². The predicted octanol–water partition coefficient (Wildman–Crippen LogP) is 1.84. The van der Waals surface area contributed by atoms with Gasteiger partial charge in [0.1, 0.15) is 0 Å². The standard InChI is InChI=1S/C11H21NO2/c1-9(2)11(13)14-8-6-7-10(3)12(4)5/h10H,1,6-8H2,2-5H3. The Hall–Kier alpha value is -0.830. The molecular weight excluding hydrogens is 178 g/mol. The number of ether oxygens (including phenoxy) is 1. The molecule has 0 aliphatic heterocycles. The van der Waals surface area contributed by atoms with Gasteiger partial charge in [0.2, 0.25) is 0 Å². The molecule has 3 nitrogen and oxygen atoms in total. The van der Waals surface area contributed by atoms with E-state index < -0.39 is 0 Å². The molecule has 1 atom stereocenters. The maximum Gasteiger partial charge on any atom is 0.333 e. The molecule has 0 radical (unpaired) electrons. The van der Waals surface area contributed by atoms with E-state index in [1.807, 2.05) is 14.1 Å². The summed E-state index contributed by atoms with van der Waals surface area (Å²) in [6, 6.07) is 0.526. The van der Waals surface area contributed by atoms with E-state index in [9.17, 15) is 4.79 Å². The molecule has 0 aliphatic carbocycles. The van der Waals surface area contributed by atoms with E-state index in [0.717, 1.165) is 12.8 Å². The maximum atomic E-state index is 11.0. The van der Waals surface area contributed by atoms with E-state index in [1.165, 1.54) is 0 Å². The highest BCUT2D eigenvalue weighted by molar-refractivity contribution is 5.86. The second kappa shape index (κ2) is 6.60.